The molecule has 0 saturated carbocycles. The first kappa shape index (κ1) is 20.2. The lowest BCUT2D eigenvalue weighted by molar-refractivity contribution is -0.384. The van der Waals surface area contributed by atoms with Crippen molar-refractivity contribution in [1.29, 1.82) is 5.26 Å². The lowest BCUT2D eigenvalue weighted by atomic mass is 10.1. The van der Waals surface area contributed by atoms with E-state index in [1.54, 1.807) is 31.3 Å². The van der Waals surface area contributed by atoms with Crippen LogP contribution in [0.2, 0.25) is 0 Å². The third-order valence-corrected chi connectivity index (χ3v) is 4.93. The number of carbonyl (C=O) groups excluding carboxylic acids is 1. The van der Waals surface area contributed by atoms with E-state index < -0.39 is 4.92 Å². The lowest BCUT2D eigenvalue weighted by Gasteiger charge is -2.35. The Kier molecular flexibility index (Phi) is 6.36. The van der Waals surface area contributed by atoms with Crippen LogP contribution in [0.15, 0.2) is 36.5 Å². The van der Waals surface area contributed by atoms with Gasteiger partial charge in [-0.25, -0.2) is 4.98 Å². The number of rotatable bonds is 6. The molecule has 0 unspecified atom stereocenters. The number of piperazine rings is 1. The van der Waals surface area contributed by atoms with Gasteiger partial charge in [0.25, 0.3) is 5.69 Å². The first-order valence-electron chi connectivity index (χ1n) is 9.35. The maximum atomic E-state index is 12.3. The number of benzene rings is 1. The summed E-state index contributed by atoms with van der Waals surface area (Å²) in [5.74, 6) is 0.585. The number of nitriles is 1. The Hall–Kier alpha value is -3.51. The van der Waals surface area contributed by atoms with Gasteiger partial charge in [-0.3, -0.25) is 19.8 Å². The van der Waals surface area contributed by atoms with Crippen molar-refractivity contribution in [2.24, 2.45) is 0 Å². The van der Waals surface area contributed by atoms with Gasteiger partial charge >= 0.3 is 0 Å². The molecule has 29 heavy (non-hydrogen) atoms. The van der Waals surface area contributed by atoms with Gasteiger partial charge in [-0.1, -0.05) is 0 Å². The molecule has 0 bridgehead atoms. The van der Waals surface area contributed by atoms with Gasteiger partial charge < -0.3 is 10.2 Å². The molecule has 2 aromatic rings. The number of carbonyl (C=O) groups is 1. The first-order valence-corrected chi connectivity index (χ1v) is 9.35. The molecule has 1 aliphatic heterocycles. The van der Waals surface area contributed by atoms with Crippen LogP contribution in [0.4, 0.5) is 17.2 Å². The van der Waals surface area contributed by atoms with E-state index in [0.29, 0.717) is 35.6 Å². The van der Waals surface area contributed by atoms with Crippen LogP contribution < -0.4 is 10.2 Å². The molecule has 0 spiro atoms. The van der Waals surface area contributed by atoms with Crippen LogP contribution in [0.5, 0.6) is 0 Å². The zero-order valence-electron chi connectivity index (χ0n) is 16.2. The highest BCUT2D eigenvalue weighted by Crippen LogP contribution is 2.21. The number of amides is 1. The van der Waals surface area contributed by atoms with Crippen LogP contribution in [0, 0.1) is 28.4 Å². The summed E-state index contributed by atoms with van der Waals surface area (Å²) in [5.41, 5.74) is 1.82. The Bertz CT molecular complexity index is 947. The van der Waals surface area contributed by atoms with E-state index in [-0.39, 0.29) is 11.6 Å². The van der Waals surface area contributed by atoms with E-state index in [4.69, 9.17) is 0 Å². The topological polar surface area (TPSA) is 115 Å². The molecule has 0 atom stereocenters. The molecular formula is C20H22N6O3. The minimum absolute atomic E-state index is 0.00540. The molecule has 2 heterocycles. The van der Waals surface area contributed by atoms with Gasteiger partial charge in [0, 0.05) is 63.2 Å². The highest BCUT2D eigenvalue weighted by atomic mass is 16.6. The van der Waals surface area contributed by atoms with Gasteiger partial charge in [-0.15, -0.1) is 0 Å². The fourth-order valence-corrected chi connectivity index (χ4v) is 3.29. The Balaban J connectivity index is 1.47. The maximum Gasteiger partial charge on any atom is 0.269 e. The molecular weight excluding hydrogens is 372 g/mol. The molecule has 1 fully saturated rings. The minimum Gasteiger partial charge on any atom is -0.353 e. The molecule has 1 amide bonds. The average molecular weight is 394 g/mol. The van der Waals surface area contributed by atoms with Gasteiger partial charge in [0.2, 0.25) is 5.91 Å². The summed E-state index contributed by atoms with van der Waals surface area (Å²) in [6.45, 7) is 5.41. The fraction of sp³-hybridized carbons (Fsp3) is 0.350. The largest absolute Gasteiger partial charge is 0.353 e. The normalized spacial score (nSPS) is 14.3. The van der Waals surface area contributed by atoms with Crippen molar-refractivity contribution in [3.05, 3.63) is 57.8 Å². The molecule has 9 nitrogen and oxygen atoms in total. The van der Waals surface area contributed by atoms with Crippen molar-refractivity contribution in [3.63, 3.8) is 0 Å². The van der Waals surface area contributed by atoms with E-state index in [2.05, 4.69) is 26.2 Å². The summed E-state index contributed by atoms with van der Waals surface area (Å²) >= 11 is 0. The SMILES string of the molecule is Cc1cc([N+](=O)[O-])ccc1NC(=O)CCN1CCN(c2ncccc2C#N)CC1. The number of non-ortho nitro benzene ring substituents is 1. The Labute approximate surface area is 168 Å². The van der Waals surface area contributed by atoms with Crippen LogP contribution in [0.3, 0.4) is 0 Å². The molecule has 1 aromatic carbocycles. The molecule has 150 valence electrons. The van der Waals surface area contributed by atoms with Crippen molar-refractivity contribution < 1.29 is 9.72 Å². The van der Waals surface area contributed by atoms with Gasteiger partial charge in [0.1, 0.15) is 11.9 Å². The number of nitro groups is 1. The van der Waals surface area contributed by atoms with Gasteiger partial charge in [-0.05, 0) is 30.7 Å². The number of nitrogens with one attached hydrogen (secondary N) is 1. The number of aromatic nitrogens is 1. The molecule has 0 radical (unpaired) electrons. The van der Waals surface area contributed by atoms with E-state index in [1.165, 1.54) is 12.1 Å². The third-order valence-electron chi connectivity index (χ3n) is 4.93. The van der Waals surface area contributed by atoms with Crippen molar-refractivity contribution >= 4 is 23.1 Å². The summed E-state index contributed by atoms with van der Waals surface area (Å²) in [6, 6.07) is 10.1. The third kappa shape index (κ3) is 5.06. The molecule has 1 saturated heterocycles. The highest BCUT2D eigenvalue weighted by Gasteiger charge is 2.20. The summed E-state index contributed by atoms with van der Waals surface area (Å²) in [7, 11) is 0. The Morgan fingerprint density at radius 3 is 2.72 bits per heavy atom. The maximum absolute atomic E-state index is 12.3. The molecule has 9 heteroatoms. The zero-order valence-corrected chi connectivity index (χ0v) is 16.2. The predicted octanol–water partition coefficient (Wildman–Crippen LogP) is 2.32. The van der Waals surface area contributed by atoms with Gasteiger partial charge in [0.15, 0.2) is 0 Å². The highest BCUT2D eigenvalue weighted by molar-refractivity contribution is 5.91. The summed E-state index contributed by atoms with van der Waals surface area (Å²) in [6.07, 6.45) is 2.02. The van der Waals surface area contributed by atoms with Gasteiger partial charge in [0.05, 0.1) is 10.5 Å². The molecule has 1 aliphatic rings. The van der Waals surface area contributed by atoms with E-state index in [9.17, 15) is 20.2 Å². The molecule has 0 aliphatic carbocycles. The number of nitrogens with zero attached hydrogens (tertiary/aromatic N) is 5. The fourth-order valence-electron chi connectivity index (χ4n) is 3.29. The monoisotopic (exact) mass is 394 g/mol. The number of pyridine rings is 1. The van der Waals surface area contributed by atoms with Gasteiger partial charge in [-0.2, -0.15) is 5.26 Å². The van der Waals surface area contributed by atoms with Crippen molar-refractivity contribution in [3.8, 4) is 6.07 Å². The Morgan fingerprint density at radius 2 is 2.07 bits per heavy atom. The zero-order chi connectivity index (χ0) is 20.8. The quantitative estimate of drug-likeness (QED) is 0.590. The van der Waals surface area contributed by atoms with Crippen molar-refractivity contribution in [1.82, 2.24) is 9.88 Å². The summed E-state index contributed by atoms with van der Waals surface area (Å²) in [5, 5.41) is 22.8. The second kappa shape index (κ2) is 9.12. The summed E-state index contributed by atoms with van der Waals surface area (Å²) < 4.78 is 0. The molecule has 1 N–H and O–H groups in total. The number of hydrogen-bond acceptors (Lipinski definition) is 7. The number of aryl methyl sites for hydroxylation is 1. The average Bonchev–Trinajstić information content (AvgIpc) is 2.74. The Morgan fingerprint density at radius 1 is 1.31 bits per heavy atom. The van der Waals surface area contributed by atoms with Crippen LogP contribution in [0.1, 0.15) is 17.5 Å². The second-order valence-corrected chi connectivity index (χ2v) is 6.87. The standard InChI is InChI=1S/C20H22N6O3/c1-15-13-17(26(28)29)4-5-18(15)23-19(27)6-8-24-9-11-25(12-10-24)20-16(14-21)3-2-7-22-20/h2-5,7,13H,6,8-12H2,1H3,(H,23,27). The number of hydrogen-bond donors (Lipinski definition) is 1. The number of nitro benzene ring substituents is 1. The molecule has 1 aromatic heterocycles. The molecule has 3 rings (SSSR count). The van der Waals surface area contributed by atoms with E-state index in [0.717, 1.165) is 26.2 Å². The number of anilines is 2. The van der Waals surface area contributed by atoms with E-state index in [1.807, 2.05) is 0 Å². The van der Waals surface area contributed by atoms with Crippen LogP contribution in [-0.4, -0.2) is 53.4 Å². The van der Waals surface area contributed by atoms with Crippen LogP contribution >= 0.6 is 0 Å². The lowest BCUT2D eigenvalue weighted by Crippen LogP contribution is -2.47. The van der Waals surface area contributed by atoms with Crippen LogP contribution in [-0.2, 0) is 4.79 Å². The smallest absolute Gasteiger partial charge is 0.269 e. The predicted molar refractivity (Wildman–Crippen MR) is 109 cm³/mol. The summed E-state index contributed by atoms with van der Waals surface area (Å²) in [4.78, 5) is 31.2. The minimum atomic E-state index is -0.456. The van der Waals surface area contributed by atoms with Crippen LogP contribution in [0.25, 0.3) is 0 Å². The first-order chi connectivity index (χ1) is 14.0. The van der Waals surface area contributed by atoms with Crippen molar-refractivity contribution in [2.45, 2.75) is 13.3 Å². The van der Waals surface area contributed by atoms with E-state index >= 15 is 0 Å². The second-order valence-electron chi connectivity index (χ2n) is 6.87. The van der Waals surface area contributed by atoms with Crippen molar-refractivity contribution in [2.75, 3.05) is 42.9 Å².